The monoisotopic (exact) mass is 279 g/mol. The Morgan fingerprint density at radius 1 is 1.20 bits per heavy atom. The second kappa shape index (κ2) is 8.46. The lowest BCUT2D eigenvalue weighted by atomic mass is 10.1. The Bertz CT molecular complexity index is 430. The van der Waals surface area contributed by atoms with Gasteiger partial charge in [-0.2, -0.15) is 0 Å². The van der Waals surface area contributed by atoms with Crippen molar-refractivity contribution < 1.29 is 14.3 Å². The molecule has 1 amide bonds. The van der Waals surface area contributed by atoms with Crippen LogP contribution < -0.4 is 14.8 Å². The number of carbonyl (C=O) groups excluding carboxylic acids is 1. The zero-order valence-electron chi connectivity index (χ0n) is 12.9. The highest BCUT2D eigenvalue weighted by Crippen LogP contribution is 2.28. The van der Waals surface area contributed by atoms with E-state index >= 15 is 0 Å². The van der Waals surface area contributed by atoms with E-state index in [1.54, 1.807) is 18.2 Å². The molecule has 0 saturated heterocycles. The van der Waals surface area contributed by atoms with Crippen molar-refractivity contribution in [1.29, 1.82) is 0 Å². The minimum absolute atomic E-state index is 0.0818. The number of hydrogen-bond acceptors (Lipinski definition) is 3. The fraction of sp³-hybridized carbons (Fsp3) is 0.562. The van der Waals surface area contributed by atoms with Crippen molar-refractivity contribution in [3.63, 3.8) is 0 Å². The Labute approximate surface area is 121 Å². The summed E-state index contributed by atoms with van der Waals surface area (Å²) in [7, 11) is 0. The molecule has 0 radical (unpaired) electrons. The van der Waals surface area contributed by atoms with Gasteiger partial charge in [0, 0.05) is 12.1 Å². The van der Waals surface area contributed by atoms with Crippen LogP contribution in [0.4, 0.5) is 0 Å². The lowest BCUT2D eigenvalue weighted by molar-refractivity contribution is 0.0948. The molecule has 1 aromatic carbocycles. The van der Waals surface area contributed by atoms with Crippen LogP contribution >= 0.6 is 0 Å². The summed E-state index contributed by atoms with van der Waals surface area (Å²) in [6, 6.07) is 5.30. The van der Waals surface area contributed by atoms with Crippen LogP contribution in [0.3, 0.4) is 0 Å². The van der Waals surface area contributed by atoms with Crippen molar-refractivity contribution in [1.82, 2.24) is 5.32 Å². The van der Waals surface area contributed by atoms with Gasteiger partial charge in [0.1, 0.15) is 0 Å². The molecule has 0 aliphatic heterocycles. The van der Waals surface area contributed by atoms with Crippen LogP contribution in [0.1, 0.15) is 44.5 Å². The van der Waals surface area contributed by atoms with Crippen molar-refractivity contribution in [3.8, 4) is 11.5 Å². The number of benzene rings is 1. The number of rotatable bonds is 8. The van der Waals surface area contributed by atoms with E-state index in [-0.39, 0.29) is 5.91 Å². The van der Waals surface area contributed by atoms with Crippen LogP contribution in [-0.2, 0) is 0 Å². The second-order valence-corrected chi connectivity index (χ2v) is 5.05. The molecule has 0 aromatic heterocycles. The SMILES string of the molecule is CCCOc1ccc(C(=O)NCC(C)C)cc1OCC. The van der Waals surface area contributed by atoms with Gasteiger partial charge >= 0.3 is 0 Å². The molecule has 0 bridgehead atoms. The van der Waals surface area contributed by atoms with Gasteiger partial charge in [0.2, 0.25) is 0 Å². The van der Waals surface area contributed by atoms with Crippen LogP contribution in [0.15, 0.2) is 18.2 Å². The highest BCUT2D eigenvalue weighted by atomic mass is 16.5. The van der Waals surface area contributed by atoms with E-state index < -0.39 is 0 Å². The molecule has 0 saturated carbocycles. The summed E-state index contributed by atoms with van der Waals surface area (Å²) in [5, 5.41) is 2.90. The summed E-state index contributed by atoms with van der Waals surface area (Å²) in [4.78, 5) is 12.0. The first-order valence-electron chi connectivity index (χ1n) is 7.26. The van der Waals surface area contributed by atoms with Gasteiger partial charge in [0.15, 0.2) is 11.5 Å². The lowest BCUT2D eigenvalue weighted by Crippen LogP contribution is -2.27. The molecule has 20 heavy (non-hydrogen) atoms. The van der Waals surface area contributed by atoms with E-state index in [1.807, 2.05) is 13.8 Å². The first-order chi connectivity index (χ1) is 9.58. The lowest BCUT2D eigenvalue weighted by Gasteiger charge is -2.13. The zero-order valence-corrected chi connectivity index (χ0v) is 12.9. The molecule has 0 unspecified atom stereocenters. The molecule has 0 aliphatic rings. The van der Waals surface area contributed by atoms with Crippen LogP contribution in [0.2, 0.25) is 0 Å². The summed E-state index contributed by atoms with van der Waals surface area (Å²) in [6.45, 7) is 9.93. The van der Waals surface area contributed by atoms with Gasteiger partial charge in [0.05, 0.1) is 13.2 Å². The van der Waals surface area contributed by atoms with Gasteiger partial charge in [-0.25, -0.2) is 0 Å². The average Bonchev–Trinajstić information content (AvgIpc) is 2.43. The van der Waals surface area contributed by atoms with Gasteiger partial charge in [0.25, 0.3) is 5.91 Å². The average molecular weight is 279 g/mol. The van der Waals surface area contributed by atoms with E-state index in [0.717, 1.165) is 6.42 Å². The van der Waals surface area contributed by atoms with Crippen LogP contribution in [-0.4, -0.2) is 25.7 Å². The molecule has 0 atom stereocenters. The third-order valence-corrected chi connectivity index (χ3v) is 2.64. The van der Waals surface area contributed by atoms with Crippen molar-refractivity contribution >= 4 is 5.91 Å². The van der Waals surface area contributed by atoms with Crippen molar-refractivity contribution in [2.45, 2.75) is 34.1 Å². The number of amides is 1. The minimum atomic E-state index is -0.0818. The topological polar surface area (TPSA) is 47.6 Å². The van der Waals surface area contributed by atoms with Crippen LogP contribution in [0, 0.1) is 5.92 Å². The van der Waals surface area contributed by atoms with E-state index in [4.69, 9.17) is 9.47 Å². The maximum atomic E-state index is 12.0. The summed E-state index contributed by atoms with van der Waals surface area (Å²) in [5.74, 6) is 1.66. The third kappa shape index (κ3) is 5.11. The molecule has 1 N–H and O–H groups in total. The Hall–Kier alpha value is -1.71. The fourth-order valence-corrected chi connectivity index (χ4v) is 1.65. The number of hydrogen-bond donors (Lipinski definition) is 1. The highest BCUT2D eigenvalue weighted by Gasteiger charge is 2.11. The number of ether oxygens (including phenoxy) is 2. The quantitative estimate of drug-likeness (QED) is 0.794. The minimum Gasteiger partial charge on any atom is -0.490 e. The molecule has 4 nitrogen and oxygen atoms in total. The summed E-state index contributed by atoms with van der Waals surface area (Å²) in [5.41, 5.74) is 0.595. The molecule has 1 aromatic rings. The van der Waals surface area contributed by atoms with E-state index in [2.05, 4.69) is 19.2 Å². The molecule has 0 aliphatic carbocycles. The molecule has 0 heterocycles. The summed E-state index contributed by atoms with van der Waals surface area (Å²) >= 11 is 0. The van der Waals surface area contributed by atoms with Gasteiger partial charge in [-0.15, -0.1) is 0 Å². The third-order valence-electron chi connectivity index (χ3n) is 2.64. The summed E-state index contributed by atoms with van der Waals surface area (Å²) < 4.78 is 11.2. The maximum Gasteiger partial charge on any atom is 0.251 e. The zero-order chi connectivity index (χ0) is 15.0. The predicted octanol–water partition coefficient (Wildman–Crippen LogP) is 3.26. The van der Waals surface area contributed by atoms with Gasteiger partial charge < -0.3 is 14.8 Å². The van der Waals surface area contributed by atoms with Crippen LogP contribution in [0.25, 0.3) is 0 Å². The normalized spacial score (nSPS) is 10.4. The van der Waals surface area contributed by atoms with E-state index in [9.17, 15) is 4.79 Å². The first-order valence-corrected chi connectivity index (χ1v) is 7.26. The Morgan fingerprint density at radius 2 is 1.95 bits per heavy atom. The van der Waals surface area contributed by atoms with Crippen LogP contribution in [0.5, 0.6) is 11.5 Å². The molecule has 112 valence electrons. The fourth-order valence-electron chi connectivity index (χ4n) is 1.65. The Balaban J connectivity index is 2.82. The Morgan fingerprint density at radius 3 is 2.55 bits per heavy atom. The van der Waals surface area contributed by atoms with E-state index in [1.165, 1.54) is 0 Å². The van der Waals surface area contributed by atoms with Gasteiger partial charge in [-0.05, 0) is 37.5 Å². The van der Waals surface area contributed by atoms with Gasteiger partial charge in [-0.3, -0.25) is 4.79 Å². The molecular formula is C16H25NO3. The molecule has 1 rings (SSSR count). The molecule has 0 fully saturated rings. The molecule has 0 spiro atoms. The predicted molar refractivity (Wildman–Crippen MR) is 80.6 cm³/mol. The number of carbonyl (C=O) groups is 1. The van der Waals surface area contributed by atoms with Crippen molar-refractivity contribution in [2.24, 2.45) is 5.92 Å². The largest absolute Gasteiger partial charge is 0.490 e. The highest BCUT2D eigenvalue weighted by molar-refractivity contribution is 5.94. The maximum absolute atomic E-state index is 12.0. The van der Waals surface area contributed by atoms with Crippen molar-refractivity contribution in [3.05, 3.63) is 23.8 Å². The summed E-state index contributed by atoms with van der Waals surface area (Å²) in [6.07, 6.45) is 0.933. The van der Waals surface area contributed by atoms with Crippen molar-refractivity contribution in [2.75, 3.05) is 19.8 Å². The number of nitrogens with one attached hydrogen (secondary N) is 1. The van der Waals surface area contributed by atoms with Gasteiger partial charge in [-0.1, -0.05) is 20.8 Å². The van der Waals surface area contributed by atoms with E-state index in [0.29, 0.717) is 42.7 Å². The Kier molecular flexibility index (Phi) is 6.91. The molecular weight excluding hydrogens is 254 g/mol. The second-order valence-electron chi connectivity index (χ2n) is 5.05. The molecule has 4 heteroatoms. The smallest absolute Gasteiger partial charge is 0.251 e. The standard InChI is InChI=1S/C16H25NO3/c1-5-9-20-14-8-7-13(10-15(14)19-6-2)16(18)17-11-12(3)4/h7-8,10,12H,5-6,9,11H2,1-4H3,(H,17,18). The first kappa shape index (κ1) is 16.3.